The summed E-state index contributed by atoms with van der Waals surface area (Å²) in [6.07, 6.45) is 3.37. The van der Waals surface area contributed by atoms with Crippen molar-refractivity contribution in [3.8, 4) is 5.75 Å². The molecule has 1 rings (SSSR count). The van der Waals surface area contributed by atoms with E-state index in [2.05, 4.69) is 18.5 Å². The van der Waals surface area contributed by atoms with Crippen molar-refractivity contribution in [1.29, 1.82) is 0 Å². The summed E-state index contributed by atoms with van der Waals surface area (Å²) in [5, 5.41) is 2.79. The van der Waals surface area contributed by atoms with Gasteiger partial charge in [0.15, 0.2) is 0 Å². The normalized spacial score (nSPS) is 9.47. The van der Waals surface area contributed by atoms with E-state index in [0.29, 0.717) is 26.2 Å². The van der Waals surface area contributed by atoms with E-state index in [1.807, 2.05) is 30.3 Å². The Balaban J connectivity index is 2.25. The fraction of sp³-hybridized carbons (Fsp3) is 0.267. The fourth-order valence-corrected chi connectivity index (χ4v) is 1.51. The summed E-state index contributed by atoms with van der Waals surface area (Å²) in [5.41, 5.74) is 0. The van der Waals surface area contributed by atoms with Gasteiger partial charge in [-0.1, -0.05) is 30.4 Å². The quantitative estimate of drug-likeness (QED) is 0.576. The number of benzene rings is 1. The highest BCUT2D eigenvalue weighted by molar-refractivity contribution is 5.74. The van der Waals surface area contributed by atoms with Gasteiger partial charge in [-0.25, -0.2) is 4.79 Å². The molecule has 0 atom stereocenters. The maximum Gasteiger partial charge on any atom is 0.318 e. The number of carbonyl (C=O) groups excluding carboxylic acids is 1. The Morgan fingerprint density at radius 3 is 2.42 bits per heavy atom. The SMILES string of the molecule is C=CCN(CC=C)C(=O)NCCOc1ccccc1. The Kier molecular flexibility index (Phi) is 6.87. The van der Waals surface area contributed by atoms with Crippen molar-refractivity contribution in [2.24, 2.45) is 0 Å². The average Bonchev–Trinajstić information content (AvgIpc) is 2.44. The zero-order valence-electron chi connectivity index (χ0n) is 11.0. The van der Waals surface area contributed by atoms with Crippen LogP contribution >= 0.6 is 0 Å². The number of amides is 2. The average molecular weight is 260 g/mol. The number of nitrogens with zero attached hydrogens (tertiary/aromatic N) is 1. The zero-order chi connectivity index (χ0) is 13.9. The number of nitrogens with one attached hydrogen (secondary N) is 1. The predicted octanol–water partition coefficient (Wildman–Crippen LogP) is 2.45. The molecular formula is C15H20N2O2. The van der Waals surface area contributed by atoms with Crippen LogP contribution in [0.2, 0.25) is 0 Å². The molecule has 4 nitrogen and oxygen atoms in total. The van der Waals surface area contributed by atoms with Crippen molar-refractivity contribution in [3.05, 3.63) is 55.6 Å². The lowest BCUT2D eigenvalue weighted by atomic mass is 10.3. The summed E-state index contributed by atoms with van der Waals surface area (Å²) < 4.78 is 5.48. The van der Waals surface area contributed by atoms with E-state index >= 15 is 0 Å². The van der Waals surface area contributed by atoms with Crippen LogP contribution in [0.4, 0.5) is 4.79 Å². The number of para-hydroxylation sites is 1. The molecule has 1 N–H and O–H groups in total. The summed E-state index contributed by atoms with van der Waals surface area (Å²) in [5.74, 6) is 0.797. The molecule has 0 radical (unpaired) electrons. The molecule has 0 aromatic heterocycles. The van der Waals surface area contributed by atoms with Gasteiger partial charge in [0.05, 0.1) is 6.54 Å². The van der Waals surface area contributed by atoms with Gasteiger partial charge in [0, 0.05) is 13.1 Å². The van der Waals surface area contributed by atoms with E-state index in [-0.39, 0.29) is 6.03 Å². The van der Waals surface area contributed by atoms with Crippen LogP contribution in [0.5, 0.6) is 5.75 Å². The number of hydrogen-bond donors (Lipinski definition) is 1. The first-order chi connectivity index (χ1) is 9.27. The Morgan fingerprint density at radius 1 is 1.21 bits per heavy atom. The molecule has 102 valence electrons. The Bertz CT molecular complexity index is 394. The van der Waals surface area contributed by atoms with E-state index in [9.17, 15) is 4.79 Å². The van der Waals surface area contributed by atoms with Gasteiger partial charge in [-0.2, -0.15) is 0 Å². The lowest BCUT2D eigenvalue weighted by molar-refractivity contribution is 0.205. The van der Waals surface area contributed by atoms with E-state index < -0.39 is 0 Å². The van der Waals surface area contributed by atoms with Gasteiger partial charge in [0.2, 0.25) is 0 Å². The first-order valence-electron chi connectivity index (χ1n) is 6.20. The minimum Gasteiger partial charge on any atom is -0.492 e. The van der Waals surface area contributed by atoms with Gasteiger partial charge < -0.3 is 15.0 Å². The van der Waals surface area contributed by atoms with Gasteiger partial charge in [0.25, 0.3) is 0 Å². The molecule has 0 saturated heterocycles. The standard InChI is InChI=1S/C15H20N2O2/c1-3-11-17(12-4-2)15(18)16-10-13-19-14-8-6-5-7-9-14/h3-9H,1-2,10-13H2,(H,16,18). The van der Waals surface area contributed by atoms with Crippen molar-refractivity contribution >= 4 is 6.03 Å². The van der Waals surface area contributed by atoms with Crippen LogP contribution < -0.4 is 10.1 Å². The summed E-state index contributed by atoms with van der Waals surface area (Å²) >= 11 is 0. The highest BCUT2D eigenvalue weighted by Gasteiger charge is 2.08. The van der Waals surface area contributed by atoms with Crippen molar-refractivity contribution in [2.45, 2.75) is 0 Å². The highest BCUT2D eigenvalue weighted by atomic mass is 16.5. The third kappa shape index (κ3) is 5.77. The molecule has 0 aliphatic carbocycles. The number of carbonyl (C=O) groups is 1. The highest BCUT2D eigenvalue weighted by Crippen LogP contribution is 2.07. The molecule has 19 heavy (non-hydrogen) atoms. The Morgan fingerprint density at radius 2 is 1.84 bits per heavy atom. The molecule has 2 amide bonds. The smallest absolute Gasteiger partial charge is 0.318 e. The van der Waals surface area contributed by atoms with Gasteiger partial charge in [-0.3, -0.25) is 0 Å². The van der Waals surface area contributed by atoms with Gasteiger partial charge in [-0.15, -0.1) is 13.2 Å². The molecule has 0 aliphatic heterocycles. The molecule has 1 aromatic rings. The Labute approximate surface area is 114 Å². The summed E-state index contributed by atoms with van der Waals surface area (Å²) in [6.45, 7) is 9.13. The topological polar surface area (TPSA) is 41.6 Å². The molecular weight excluding hydrogens is 240 g/mol. The van der Waals surface area contributed by atoms with Crippen molar-refractivity contribution in [2.75, 3.05) is 26.2 Å². The maximum atomic E-state index is 11.8. The van der Waals surface area contributed by atoms with Crippen molar-refractivity contribution < 1.29 is 9.53 Å². The molecule has 0 fully saturated rings. The molecule has 0 aliphatic rings. The second-order valence-electron chi connectivity index (χ2n) is 3.88. The van der Waals surface area contributed by atoms with Crippen molar-refractivity contribution in [3.63, 3.8) is 0 Å². The molecule has 0 heterocycles. The van der Waals surface area contributed by atoms with Gasteiger partial charge in [0.1, 0.15) is 12.4 Å². The van der Waals surface area contributed by atoms with E-state index in [0.717, 1.165) is 5.75 Å². The van der Waals surface area contributed by atoms with Crippen LogP contribution in [-0.2, 0) is 0 Å². The first-order valence-corrected chi connectivity index (χ1v) is 6.20. The number of hydrogen-bond acceptors (Lipinski definition) is 2. The van der Waals surface area contributed by atoms with Crippen molar-refractivity contribution in [1.82, 2.24) is 10.2 Å². The number of ether oxygens (including phenoxy) is 1. The maximum absolute atomic E-state index is 11.8. The monoisotopic (exact) mass is 260 g/mol. The number of urea groups is 1. The third-order valence-corrected chi connectivity index (χ3v) is 2.38. The van der Waals surface area contributed by atoms with Gasteiger partial charge >= 0.3 is 6.03 Å². The lowest BCUT2D eigenvalue weighted by Gasteiger charge is -2.19. The summed E-state index contributed by atoms with van der Waals surface area (Å²) in [4.78, 5) is 13.4. The van der Waals surface area contributed by atoms with Crippen LogP contribution in [0.15, 0.2) is 55.6 Å². The second-order valence-corrected chi connectivity index (χ2v) is 3.88. The first kappa shape index (κ1) is 14.8. The van der Waals surface area contributed by atoms with Crippen LogP contribution in [0.25, 0.3) is 0 Å². The second kappa shape index (κ2) is 8.80. The third-order valence-electron chi connectivity index (χ3n) is 2.38. The number of rotatable bonds is 8. The zero-order valence-corrected chi connectivity index (χ0v) is 11.0. The fourth-order valence-electron chi connectivity index (χ4n) is 1.51. The molecule has 0 unspecified atom stereocenters. The predicted molar refractivity (Wildman–Crippen MR) is 77.3 cm³/mol. The van der Waals surface area contributed by atoms with Crippen LogP contribution in [0, 0.1) is 0 Å². The Hall–Kier alpha value is -2.23. The molecule has 0 bridgehead atoms. The molecule has 1 aromatic carbocycles. The molecule has 4 heteroatoms. The van der Waals surface area contributed by atoms with E-state index in [1.165, 1.54) is 0 Å². The van der Waals surface area contributed by atoms with Gasteiger partial charge in [-0.05, 0) is 12.1 Å². The minimum atomic E-state index is -0.142. The summed E-state index contributed by atoms with van der Waals surface area (Å²) in [7, 11) is 0. The van der Waals surface area contributed by atoms with Crippen LogP contribution in [0.3, 0.4) is 0 Å². The summed E-state index contributed by atoms with van der Waals surface area (Å²) in [6, 6.07) is 9.36. The minimum absolute atomic E-state index is 0.142. The molecule has 0 saturated carbocycles. The largest absolute Gasteiger partial charge is 0.492 e. The molecule has 0 spiro atoms. The van der Waals surface area contributed by atoms with Crippen LogP contribution in [0.1, 0.15) is 0 Å². The van der Waals surface area contributed by atoms with E-state index in [4.69, 9.17) is 4.74 Å². The van der Waals surface area contributed by atoms with Crippen LogP contribution in [-0.4, -0.2) is 37.2 Å². The van der Waals surface area contributed by atoms with E-state index in [1.54, 1.807) is 17.1 Å². The lowest BCUT2D eigenvalue weighted by Crippen LogP contribution is -2.41.